The topological polar surface area (TPSA) is 15.3 Å². The lowest BCUT2D eigenvalue weighted by Gasteiger charge is -2.24. The highest BCUT2D eigenvalue weighted by molar-refractivity contribution is 5.14. The molecule has 0 amide bonds. The van der Waals surface area contributed by atoms with E-state index < -0.39 is 0 Å². The van der Waals surface area contributed by atoms with Gasteiger partial charge in [0, 0.05) is 12.6 Å². The smallest absolute Gasteiger partial charge is 0.0573 e. The molecule has 0 aliphatic heterocycles. The van der Waals surface area contributed by atoms with Gasteiger partial charge in [-0.15, -0.1) is 6.42 Å². The van der Waals surface area contributed by atoms with E-state index in [1.54, 1.807) is 0 Å². The van der Waals surface area contributed by atoms with Crippen LogP contribution in [0.3, 0.4) is 0 Å². The number of rotatable bonds is 7. The predicted molar refractivity (Wildman–Crippen MR) is 73.7 cm³/mol. The molecule has 0 saturated heterocycles. The second kappa shape index (κ2) is 7.89. The molecule has 1 rings (SSSR count). The summed E-state index contributed by atoms with van der Waals surface area (Å²) >= 11 is 0. The summed E-state index contributed by atoms with van der Waals surface area (Å²) in [7, 11) is 2.17. The summed E-state index contributed by atoms with van der Waals surface area (Å²) in [6.45, 7) is 4.89. The molecule has 1 N–H and O–H groups in total. The van der Waals surface area contributed by atoms with Crippen LogP contribution in [0.1, 0.15) is 18.9 Å². The van der Waals surface area contributed by atoms with Crippen molar-refractivity contribution in [2.75, 3.05) is 20.1 Å². The van der Waals surface area contributed by atoms with Crippen molar-refractivity contribution >= 4 is 0 Å². The molecule has 1 aromatic rings. The van der Waals surface area contributed by atoms with E-state index in [0.29, 0.717) is 12.6 Å². The molecule has 1 aromatic carbocycles. The van der Waals surface area contributed by atoms with Crippen LogP contribution in [0.25, 0.3) is 0 Å². The van der Waals surface area contributed by atoms with Crippen LogP contribution in [0.2, 0.25) is 0 Å². The second-order valence-corrected chi connectivity index (χ2v) is 4.42. The molecule has 0 fully saturated rings. The van der Waals surface area contributed by atoms with Crippen LogP contribution in [0.15, 0.2) is 30.3 Å². The molecule has 1 unspecified atom stereocenters. The average Bonchev–Trinajstić information content (AvgIpc) is 2.35. The molecule has 0 aliphatic carbocycles. The third-order valence-corrected chi connectivity index (χ3v) is 2.99. The van der Waals surface area contributed by atoms with Gasteiger partial charge in [0.05, 0.1) is 6.54 Å². The van der Waals surface area contributed by atoms with Gasteiger partial charge in [0.1, 0.15) is 0 Å². The van der Waals surface area contributed by atoms with Gasteiger partial charge < -0.3 is 5.32 Å². The lowest BCUT2D eigenvalue weighted by atomic mass is 10.1. The van der Waals surface area contributed by atoms with Gasteiger partial charge in [-0.05, 0) is 32.5 Å². The molecule has 0 saturated carbocycles. The fourth-order valence-corrected chi connectivity index (χ4v) is 1.72. The van der Waals surface area contributed by atoms with E-state index in [0.717, 1.165) is 19.5 Å². The average molecular weight is 230 g/mol. The number of terminal acetylenes is 1. The zero-order chi connectivity index (χ0) is 12.5. The lowest BCUT2D eigenvalue weighted by molar-refractivity contribution is 0.237. The van der Waals surface area contributed by atoms with Crippen molar-refractivity contribution in [1.82, 2.24) is 10.2 Å². The summed E-state index contributed by atoms with van der Waals surface area (Å²) in [5, 5.41) is 3.22. The van der Waals surface area contributed by atoms with Gasteiger partial charge in [0.15, 0.2) is 0 Å². The molecule has 2 heteroatoms. The summed E-state index contributed by atoms with van der Waals surface area (Å²) in [4.78, 5) is 2.37. The van der Waals surface area contributed by atoms with E-state index in [1.165, 1.54) is 5.56 Å². The highest BCUT2D eigenvalue weighted by atomic mass is 15.1. The zero-order valence-electron chi connectivity index (χ0n) is 10.8. The van der Waals surface area contributed by atoms with Crippen LogP contribution in [0.5, 0.6) is 0 Å². The zero-order valence-corrected chi connectivity index (χ0v) is 10.8. The van der Waals surface area contributed by atoms with Crippen LogP contribution in [0, 0.1) is 12.3 Å². The summed E-state index contributed by atoms with van der Waals surface area (Å²) < 4.78 is 0. The first kappa shape index (κ1) is 13.8. The van der Waals surface area contributed by atoms with Crippen LogP contribution >= 0.6 is 0 Å². The molecule has 0 spiro atoms. The fourth-order valence-electron chi connectivity index (χ4n) is 1.72. The Morgan fingerprint density at radius 2 is 2.06 bits per heavy atom. The molecule has 0 heterocycles. The van der Waals surface area contributed by atoms with Gasteiger partial charge in [-0.3, -0.25) is 4.90 Å². The van der Waals surface area contributed by atoms with E-state index in [4.69, 9.17) is 6.42 Å². The van der Waals surface area contributed by atoms with Crippen LogP contribution in [-0.4, -0.2) is 31.1 Å². The van der Waals surface area contributed by atoms with Gasteiger partial charge in [0.2, 0.25) is 0 Å². The van der Waals surface area contributed by atoms with E-state index in [-0.39, 0.29) is 0 Å². The Labute approximate surface area is 105 Å². The molecule has 1 atom stereocenters. The summed E-state index contributed by atoms with van der Waals surface area (Å²) in [5.41, 5.74) is 1.36. The first-order valence-corrected chi connectivity index (χ1v) is 6.12. The highest BCUT2D eigenvalue weighted by Gasteiger charge is 2.08. The van der Waals surface area contributed by atoms with Crippen molar-refractivity contribution in [3.63, 3.8) is 0 Å². The molecule has 92 valence electrons. The minimum Gasteiger partial charge on any atom is -0.306 e. The number of hydrogen-bond acceptors (Lipinski definition) is 2. The fraction of sp³-hybridized carbons (Fsp3) is 0.467. The Balaban J connectivity index is 2.27. The van der Waals surface area contributed by atoms with Crippen molar-refractivity contribution < 1.29 is 0 Å². The lowest BCUT2D eigenvalue weighted by Crippen LogP contribution is -2.31. The van der Waals surface area contributed by atoms with Gasteiger partial charge in [-0.25, -0.2) is 0 Å². The Hall–Kier alpha value is -1.30. The van der Waals surface area contributed by atoms with E-state index in [2.05, 4.69) is 60.4 Å². The SMILES string of the molecule is C#CCNCCC(C)N(C)Cc1ccccc1. The Kier molecular flexibility index (Phi) is 6.39. The Morgan fingerprint density at radius 3 is 2.71 bits per heavy atom. The van der Waals surface area contributed by atoms with Gasteiger partial charge >= 0.3 is 0 Å². The van der Waals surface area contributed by atoms with Crippen LogP contribution < -0.4 is 5.32 Å². The maximum atomic E-state index is 5.18. The normalized spacial score (nSPS) is 12.4. The van der Waals surface area contributed by atoms with Crippen molar-refractivity contribution in [2.24, 2.45) is 0 Å². The third-order valence-electron chi connectivity index (χ3n) is 2.99. The summed E-state index contributed by atoms with van der Waals surface area (Å²) in [5.74, 6) is 2.59. The summed E-state index contributed by atoms with van der Waals surface area (Å²) in [6.07, 6.45) is 6.30. The van der Waals surface area contributed by atoms with E-state index >= 15 is 0 Å². The first-order chi connectivity index (χ1) is 8.24. The van der Waals surface area contributed by atoms with Gasteiger partial charge in [-0.2, -0.15) is 0 Å². The van der Waals surface area contributed by atoms with E-state index in [9.17, 15) is 0 Å². The Bertz CT molecular complexity index is 340. The number of benzene rings is 1. The maximum absolute atomic E-state index is 5.18. The minimum absolute atomic E-state index is 0.556. The highest BCUT2D eigenvalue weighted by Crippen LogP contribution is 2.07. The second-order valence-electron chi connectivity index (χ2n) is 4.42. The van der Waals surface area contributed by atoms with Crippen molar-refractivity contribution in [3.05, 3.63) is 35.9 Å². The molecular formula is C15H22N2. The van der Waals surface area contributed by atoms with E-state index in [1.807, 2.05) is 0 Å². The Morgan fingerprint density at radius 1 is 1.35 bits per heavy atom. The standard InChI is InChI=1S/C15H22N2/c1-4-11-16-12-10-14(2)17(3)13-15-8-6-5-7-9-15/h1,5-9,14,16H,10-13H2,2-3H3. The van der Waals surface area contributed by atoms with Crippen molar-refractivity contribution in [1.29, 1.82) is 0 Å². The minimum atomic E-state index is 0.556. The molecule has 17 heavy (non-hydrogen) atoms. The number of hydrogen-bond donors (Lipinski definition) is 1. The number of nitrogens with one attached hydrogen (secondary N) is 1. The quantitative estimate of drug-likeness (QED) is 0.570. The molecule has 0 bridgehead atoms. The van der Waals surface area contributed by atoms with Crippen molar-refractivity contribution in [3.8, 4) is 12.3 Å². The molecule has 0 aromatic heterocycles. The van der Waals surface area contributed by atoms with Crippen molar-refractivity contribution in [2.45, 2.75) is 25.9 Å². The molecule has 0 radical (unpaired) electrons. The monoisotopic (exact) mass is 230 g/mol. The van der Waals surface area contributed by atoms with Gasteiger partial charge in [0.25, 0.3) is 0 Å². The largest absolute Gasteiger partial charge is 0.306 e. The molecule has 0 aliphatic rings. The third kappa shape index (κ3) is 5.53. The number of nitrogens with zero attached hydrogens (tertiary/aromatic N) is 1. The molecule has 2 nitrogen and oxygen atoms in total. The van der Waals surface area contributed by atoms with Gasteiger partial charge in [-0.1, -0.05) is 36.3 Å². The summed E-state index contributed by atoms with van der Waals surface area (Å²) in [6, 6.07) is 11.1. The predicted octanol–water partition coefficient (Wildman–Crippen LogP) is 2.12. The molecular weight excluding hydrogens is 208 g/mol. The first-order valence-electron chi connectivity index (χ1n) is 6.12. The van der Waals surface area contributed by atoms with Crippen LogP contribution in [0.4, 0.5) is 0 Å². The maximum Gasteiger partial charge on any atom is 0.0573 e. The van der Waals surface area contributed by atoms with Crippen LogP contribution in [-0.2, 0) is 6.54 Å².